The van der Waals surface area contributed by atoms with Crippen LogP contribution in [0.5, 0.6) is 0 Å². The lowest BCUT2D eigenvalue weighted by molar-refractivity contribution is -0.116. The lowest BCUT2D eigenvalue weighted by Crippen LogP contribution is -2.23. The van der Waals surface area contributed by atoms with Crippen molar-refractivity contribution in [3.05, 3.63) is 11.9 Å². The molecule has 0 atom stereocenters. The molecular weight excluding hydrogens is 190 g/mol. The van der Waals surface area contributed by atoms with E-state index in [4.69, 9.17) is 16.9 Å². The molecule has 0 spiro atoms. The normalized spacial score (nSPS) is 19.2. The Morgan fingerprint density at radius 1 is 1.62 bits per heavy atom. The Morgan fingerprint density at radius 3 is 2.92 bits per heavy atom. The maximum Gasteiger partial charge on any atom is 0.215 e. The number of hydrogen-bond donors (Lipinski definition) is 0. The summed E-state index contributed by atoms with van der Waals surface area (Å²) < 4.78 is 0. The van der Waals surface area contributed by atoms with Crippen LogP contribution in [0.4, 0.5) is 0 Å². The molecule has 1 amide bonds. The predicted molar refractivity (Wildman–Crippen MR) is 48.8 cm³/mol. The largest absolute Gasteiger partial charge is 0.354 e. The van der Waals surface area contributed by atoms with Gasteiger partial charge in [-0.1, -0.05) is 0 Å². The fraction of sp³-hybridized carbons (Fsp3) is 0.500. The van der Waals surface area contributed by atoms with E-state index in [0.717, 1.165) is 13.0 Å². The SMILES string of the molecule is N#C/C=C1\N(C=O)CCN1CCCl. The van der Waals surface area contributed by atoms with Crippen LogP contribution in [-0.2, 0) is 4.79 Å². The first-order valence-corrected chi connectivity index (χ1v) is 4.49. The standard InChI is InChI=1S/C8H10ClN3O/c9-2-4-11-5-6-12(7-13)8(11)1-3-10/h1,7H,2,4-6H2/b8-1-. The average Bonchev–Trinajstić information content (AvgIpc) is 2.50. The highest BCUT2D eigenvalue weighted by atomic mass is 35.5. The first-order valence-electron chi connectivity index (χ1n) is 3.96. The summed E-state index contributed by atoms with van der Waals surface area (Å²) in [6, 6.07) is 1.91. The second kappa shape index (κ2) is 4.73. The van der Waals surface area contributed by atoms with Gasteiger partial charge in [0.1, 0.15) is 5.82 Å². The van der Waals surface area contributed by atoms with Gasteiger partial charge in [0.25, 0.3) is 0 Å². The zero-order valence-corrected chi connectivity index (χ0v) is 7.87. The van der Waals surface area contributed by atoms with Gasteiger partial charge in [0.05, 0.1) is 12.1 Å². The first-order chi connectivity index (χ1) is 6.33. The zero-order valence-electron chi connectivity index (χ0n) is 7.11. The van der Waals surface area contributed by atoms with E-state index in [9.17, 15) is 4.79 Å². The van der Waals surface area contributed by atoms with E-state index in [2.05, 4.69) is 0 Å². The lowest BCUT2D eigenvalue weighted by atomic mass is 10.5. The molecule has 0 N–H and O–H groups in total. The summed E-state index contributed by atoms with van der Waals surface area (Å²) >= 11 is 5.58. The fourth-order valence-corrected chi connectivity index (χ4v) is 1.51. The van der Waals surface area contributed by atoms with Crippen molar-refractivity contribution in [1.82, 2.24) is 9.80 Å². The Kier molecular flexibility index (Phi) is 3.59. The number of carbonyl (C=O) groups excluding carboxylic acids is 1. The van der Waals surface area contributed by atoms with Crippen LogP contribution in [0.2, 0.25) is 0 Å². The minimum Gasteiger partial charge on any atom is -0.354 e. The molecule has 0 aromatic carbocycles. The van der Waals surface area contributed by atoms with Crippen molar-refractivity contribution in [3.8, 4) is 6.07 Å². The van der Waals surface area contributed by atoms with E-state index < -0.39 is 0 Å². The highest BCUT2D eigenvalue weighted by Crippen LogP contribution is 2.15. The second-order valence-corrected chi connectivity index (χ2v) is 2.98. The number of alkyl halides is 1. The number of halogens is 1. The zero-order chi connectivity index (χ0) is 9.68. The smallest absolute Gasteiger partial charge is 0.215 e. The van der Waals surface area contributed by atoms with Gasteiger partial charge in [-0.3, -0.25) is 9.69 Å². The Bertz CT molecular complexity index is 259. The van der Waals surface area contributed by atoms with Gasteiger partial charge < -0.3 is 4.90 Å². The number of carbonyl (C=O) groups is 1. The monoisotopic (exact) mass is 199 g/mol. The van der Waals surface area contributed by atoms with Crippen LogP contribution >= 0.6 is 11.6 Å². The van der Waals surface area contributed by atoms with Crippen molar-refractivity contribution >= 4 is 18.0 Å². The molecule has 0 bridgehead atoms. The van der Waals surface area contributed by atoms with Crippen LogP contribution in [0.1, 0.15) is 0 Å². The summed E-state index contributed by atoms with van der Waals surface area (Å²) in [7, 11) is 0. The van der Waals surface area contributed by atoms with E-state index in [1.807, 2.05) is 11.0 Å². The van der Waals surface area contributed by atoms with Gasteiger partial charge in [-0.25, -0.2) is 0 Å². The minimum atomic E-state index is 0.496. The molecule has 0 aromatic rings. The highest BCUT2D eigenvalue weighted by molar-refractivity contribution is 6.18. The van der Waals surface area contributed by atoms with Crippen molar-refractivity contribution in [2.24, 2.45) is 0 Å². The molecule has 0 aromatic heterocycles. The predicted octanol–water partition coefficient (Wildman–Crippen LogP) is 0.364. The molecule has 1 aliphatic rings. The molecule has 4 nitrogen and oxygen atoms in total. The molecule has 1 saturated heterocycles. The number of nitrogens with zero attached hydrogens (tertiary/aromatic N) is 3. The molecule has 1 aliphatic heterocycles. The fourth-order valence-electron chi connectivity index (χ4n) is 1.31. The van der Waals surface area contributed by atoms with Crippen LogP contribution in [0, 0.1) is 11.3 Å². The van der Waals surface area contributed by atoms with E-state index >= 15 is 0 Å². The van der Waals surface area contributed by atoms with Crippen molar-refractivity contribution in [3.63, 3.8) is 0 Å². The topological polar surface area (TPSA) is 47.3 Å². The van der Waals surface area contributed by atoms with Gasteiger partial charge >= 0.3 is 0 Å². The van der Waals surface area contributed by atoms with E-state index in [1.165, 1.54) is 11.0 Å². The number of nitriles is 1. The third kappa shape index (κ3) is 2.13. The minimum absolute atomic E-state index is 0.496. The Balaban J connectivity index is 2.74. The third-order valence-corrected chi connectivity index (χ3v) is 2.07. The molecule has 0 saturated carbocycles. The third-order valence-electron chi connectivity index (χ3n) is 1.90. The van der Waals surface area contributed by atoms with Crippen LogP contribution in [0.3, 0.4) is 0 Å². The molecule has 1 fully saturated rings. The van der Waals surface area contributed by atoms with Crippen LogP contribution in [-0.4, -0.2) is 41.7 Å². The molecule has 13 heavy (non-hydrogen) atoms. The summed E-state index contributed by atoms with van der Waals surface area (Å²) in [4.78, 5) is 14.0. The molecule has 0 unspecified atom stereocenters. The lowest BCUT2D eigenvalue weighted by Gasteiger charge is -2.18. The van der Waals surface area contributed by atoms with Crippen molar-refractivity contribution in [1.29, 1.82) is 5.26 Å². The summed E-state index contributed by atoms with van der Waals surface area (Å²) in [5.41, 5.74) is 0. The highest BCUT2D eigenvalue weighted by Gasteiger charge is 2.23. The Labute approximate surface area is 82.0 Å². The first kappa shape index (κ1) is 9.87. The van der Waals surface area contributed by atoms with Gasteiger partial charge in [-0.15, -0.1) is 11.6 Å². The van der Waals surface area contributed by atoms with Gasteiger partial charge in [0, 0.05) is 25.5 Å². The number of hydrogen-bond acceptors (Lipinski definition) is 3. The summed E-state index contributed by atoms with van der Waals surface area (Å²) in [6.45, 7) is 2.05. The summed E-state index contributed by atoms with van der Waals surface area (Å²) in [5, 5.41) is 8.50. The van der Waals surface area contributed by atoms with Gasteiger partial charge in [0.2, 0.25) is 6.41 Å². The average molecular weight is 200 g/mol. The number of rotatable bonds is 3. The maximum atomic E-state index is 10.6. The van der Waals surface area contributed by atoms with Gasteiger partial charge in [-0.2, -0.15) is 5.26 Å². The summed E-state index contributed by atoms with van der Waals surface area (Å²) in [5.74, 6) is 1.15. The van der Waals surface area contributed by atoms with Crippen LogP contribution in [0.15, 0.2) is 11.9 Å². The van der Waals surface area contributed by atoms with Crippen molar-refractivity contribution in [2.75, 3.05) is 25.5 Å². The molecule has 1 rings (SSSR count). The second-order valence-electron chi connectivity index (χ2n) is 2.61. The number of allylic oxidation sites excluding steroid dienone is 1. The molecular formula is C8H10ClN3O. The van der Waals surface area contributed by atoms with Crippen molar-refractivity contribution in [2.45, 2.75) is 0 Å². The maximum absolute atomic E-state index is 10.6. The van der Waals surface area contributed by atoms with Gasteiger partial charge in [0.15, 0.2) is 0 Å². The van der Waals surface area contributed by atoms with Crippen molar-refractivity contribution < 1.29 is 4.79 Å². The molecule has 1 heterocycles. The Morgan fingerprint density at radius 2 is 2.38 bits per heavy atom. The molecule has 70 valence electrons. The van der Waals surface area contributed by atoms with E-state index in [-0.39, 0.29) is 0 Å². The van der Waals surface area contributed by atoms with Crippen LogP contribution in [0.25, 0.3) is 0 Å². The van der Waals surface area contributed by atoms with Gasteiger partial charge in [-0.05, 0) is 0 Å². The van der Waals surface area contributed by atoms with E-state index in [1.54, 1.807) is 0 Å². The molecule has 5 heteroatoms. The van der Waals surface area contributed by atoms with Crippen LogP contribution < -0.4 is 0 Å². The molecule has 0 radical (unpaired) electrons. The molecule has 0 aliphatic carbocycles. The quantitative estimate of drug-likeness (QED) is 0.375. The summed E-state index contributed by atoms with van der Waals surface area (Å²) in [6.07, 6.45) is 2.10. The Hall–Kier alpha value is -1.21. The van der Waals surface area contributed by atoms with E-state index in [0.29, 0.717) is 24.8 Å². The number of amides is 1.